The fraction of sp³-hybridized carbons (Fsp3) is 0.231. The Kier molecular flexibility index (Phi) is 4.15. The van der Waals surface area contributed by atoms with Gasteiger partial charge < -0.3 is 21.4 Å². The number of nitrogens with zero attached hydrogens (tertiary/aromatic N) is 1. The number of nitrogens with one attached hydrogen (secondary N) is 3. The molecule has 100 valence electrons. The van der Waals surface area contributed by atoms with Gasteiger partial charge in [0, 0.05) is 24.8 Å². The predicted octanol–water partition coefficient (Wildman–Crippen LogP) is 0.650. The van der Waals surface area contributed by atoms with Crippen LogP contribution in [0.4, 0.5) is 11.5 Å². The zero-order valence-electron chi connectivity index (χ0n) is 10.7. The van der Waals surface area contributed by atoms with Crippen molar-refractivity contribution in [1.29, 1.82) is 0 Å². The maximum atomic E-state index is 11.2. The van der Waals surface area contributed by atoms with Crippen LogP contribution >= 0.6 is 0 Å². The second kappa shape index (κ2) is 6.01. The number of anilines is 2. The lowest BCUT2D eigenvalue weighted by atomic mass is 10.2. The van der Waals surface area contributed by atoms with Crippen molar-refractivity contribution in [2.45, 2.75) is 0 Å². The fourth-order valence-corrected chi connectivity index (χ4v) is 1.66. The van der Waals surface area contributed by atoms with Gasteiger partial charge in [-0.15, -0.1) is 0 Å². The third-order valence-corrected chi connectivity index (χ3v) is 2.66. The fourth-order valence-electron chi connectivity index (χ4n) is 1.66. The molecule has 0 fully saturated rings. The normalized spacial score (nSPS) is 10.4. The molecule has 0 unspecified atom stereocenters. The average molecular weight is 259 g/mol. The summed E-state index contributed by atoms with van der Waals surface area (Å²) in [6, 6.07) is 7.30. The van der Waals surface area contributed by atoms with Gasteiger partial charge in [-0.25, -0.2) is 4.98 Å². The number of hydrogen-bond donors (Lipinski definition) is 4. The molecule has 0 aliphatic rings. The van der Waals surface area contributed by atoms with Gasteiger partial charge in [-0.2, -0.15) is 0 Å². The SMILES string of the molecule is CNCCNc1cccc(-c2c[nH]c(=O)c(N)c2)n1. The van der Waals surface area contributed by atoms with E-state index in [1.807, 2.05) is 25.2 Å². The molecule has 2 rings (SSSR count). The van der Waals surface area contributed by atoms with E-state index in [1.165, 1.54) is 0 Å². The van der Waals surface area contributed by atoms with E-state index in [4.69, 9.17) is 5.73 Å². The summed E-state index contributed by atoms with van der Waals surface area (Å²) >= 11 is 0. The van der Waals surface area contributed by atoms with Gasteiger partial charge in [0.25, 0.3) is 5.56 Å². The molecule has 2 heterocycles. The Bertz CT molecular complexity index is 608. The van der Waals surface area contributed by atoms with Crippen LogP contribution in [0.3, 0.4) is 0 Å². The molecule has 0 saturated heterocycles. The second-order valence-electron chi connectivity index (χ2n) is 4.11. The monoisotopic (exact) mass is 259 g/mol. The number of aromatic amines is 1. The van der Waals surface area contributed by atoms with Gasteiger partial charge in [0.1, 0.15) is 5.82 Å². The molecular formula is C13H17N5O. The highest BCUT2D eigenvalue weighted by molar-refractivity contribution is 5.63. The summed E-state index contributed by atoms with van der Waals surface area (Å²) in [6.45, 7) is 1.65. The smallest absolute Gasteiger partial charge is 0.271 e. The zero-order chi connectivity index (χ0) is 13.7. The summed E-state index contributed by atoms with van der Waals surface area (Å²) in [5.41, 5.74) is 7.05. The minimum absolute atomic E-state index is 0.188. The van der Waals surface area contributed by atoms with Gasteiger partial charge >= 0.3 is 0 Å². The zero-order valence-corrected chi connectivity index (χ0v) is 10.7. The van der Waals surface area contributed by atoms with E-state index in [1.54, 1.807) is 12.3 Å². The van der Waals surface area contributed by atoms with Crippen LogP contribution in [-0.2, 0) is 0 Å². The van der Waals surface area contributed by atoms with Crippen molar-refractivity contribution < 1.29 is 0 Å². The summed E-state index contributed by atoms with van der Waals surface area (Å²) in [4.78, 5) is 18.3. The van der Waals surface area contributed by atoms with Crippen LogP contribution < -0.4 is 21.9 Å². The van der Waals surface area contributed by atoms with Crippen molar-refractivity contribution >= 4 is 11.5 Å². The number of aromatic nitrogens is 2. The number of hydrogen-bond acceptors (Lipinski definition) is 5. The van der Waals surface area contributed by atoms with Gasteiger partial charge in [-0.3, -0.25) is 4.79 Å². The van der Waals surface area contributed by atoms with Crippen molar-refractivity contribution in [1.82, 2.24) is 15.3 Å². The molecule has 0 bridgehead atoms. The molecule has 0 atom stereocenters. The van der Waals surface area contributed by atoms with E-state index in [9.17, 15) is 4.79 Å². The van der Waals surface area contributed by atoms with Crippen molar-refractivity contribution in [3.05, 3.63) is 40.8 Å². The summed E-state index contributed by atoms with van der Waals surface area (Å²) < 4.78 is 0. The summed E-state index contributed by atoms with van der Waals surface area (Å²) in [5.74, 6) is 0.789. The molecule has 6 nitrogen and oxygen atoms in total. The molecule has 5 N–H and O–H groups in total. The minimum Gasteiger partial charge on any atom is -0.394 e. The lowest BCUT2D eigenvalue weighted by Gasteiger charge is -2.07. The Morgan fingerprint density at radius 2 is 2.21 bits per heavy atom. The van der Waals surface area contributed by atoms with E-state index in [2.05, 4.69) is 20.6 Å². The summed E-state index contributed by atoms with van der Waals surface area (Å²) in [6.07, 6.45) is 1.61. The van der Waals surface area contributed by atoms with Crippen molar-refractivity contribution in [2.75, 3.05) is 31.2 Å². The highest BCUT2D eigenvalue weighted by Gasteiger charge is 2.03. The minimum atomic E-state index is -0.285. The molecule has 0 aromatic carbocycles. The first-order valence-electron chi connectivity index (χ1n) is 6.05. The van der Waals surface area contributed by atoms with E-state index < -0.39 is 0 Å². The Morgan fingerprint density at radius 1 is 1.37 bits per heavy atom. The van der Waals surface area contributed by atoms with E-state index in [-0.39, 0.29) is 11.2 Å². The second-order valence-corrected chi connectivity index (χ2v) is 4.11. The van der Waals surface area contributed by atoms with Crippen LogP contribution in [-0.4, -0.2) is 30.1 Å². The lowest BCUT2D eigenvalue weighted by molar-refractivity contribution is 0.821. The van der Waals surface area contributed by atoms with E-state index >= 15 is 0 Å². The molecule has 0 radical (unpaired) electrons. The summed E-state index contributed by atoms with van der Waals surface area (Å²) in [7, 11) is 1.90. The maximum Gasteiger partial charge on any atom is 0.271 e. The van der Waals surface area contributed by atoms with Crippen LogP contribution in [0.1, 0.15) is 0 Å². The maximum absolute atomic E-state index is 11.2. The number of nitrogen functional groups attached to an aromatic ring is 1. The van der Waals surface area contributed by atoms with Gasteiger partial charge in [0.2, 0.25) is 0 Å². The topological polar surface area (TPSA) is 95.8 Å². The Hall–Kier alpha value is -2.34. The summed E-state index contributed by atoms with van der Waals surface area (Å²) in [5, 5.41) is 6.26. The number of pyridine rings is 2. The van der Waals surface area contributed by atoms with Crippen LogP contribution in [0.25, 0.3) is 11.3 Å². The molecule has 0 spiro atoms. The van der Waals surface area contributed by atoms with Gasteiger partial charge in [-0.1, -0.05) is 6.07 Å². The number of likely N-dealkylation sites (N-methyl/N-ethyl adjacent to an activating group) is 1. The number of nitrogens with two attached hydrogens (primary N) is 1. The number of H-pyrrole nitrogens is 1. The molecule has 0 aliphatic heterocycles. The van der Waals surface area contributed by atoms with Crippen LogP contribution in [0.15, 0.2) is 35.3 Å². The van der Waals surface area contributed by atoms with Crippen molar-refractivity contribution in [3.63, 3.8) is 0 Å². The molecule has 0 saturated carbocycles. The molecule has 0 aliphatic carbocycles. The van der Waals surface area contributed by atoms with Crippen LogP contribution in [0.2, 0.25) is 0 Å². The van der Waals surface area contributed by atoms with E-state index in [0.29, 0.717) is 0 Å². The van der Waals surface area contributed by atoms with Gasteiger partial charge in [0.15, 0.2) is 0 Å². The predicted molar refractivity (Wildman–Crippen MR) is 77.1 cm³/mol. The molecule has 6 heteroatoms. The third-order valence-electron chi connectivity index (χ3n) is 2.66. The van der Waals surface area contributed by atoms with Gasteiger partial charge in [-0.05, 0) is 25.2 Å². The van der Waals surface area contributed by atoms with Gasteiger partial charge in [0.05, 0.1) is 11.4 Å². The molecule has 19 heavy (non-hydrogen) atoms. The molecule has 2 aromatic heterocycles. The van der Waals surface area contributed by atoms with Crippen molar-refractivity contribution in [2.24, 2.45) is 0 Å². The molecule has 0 amide bonds. The Morgan fingerprint density at radius 3 is 2.95 bits per heavy atom. The van der Waals surface area contributed by atoms with Crippen molar-refractivity contribution in [3.8, 4) is 11.3 Å². The Balaban J connectivity index is 2.22. The highest BCUT2D eigenvalue weighted by Crippen LogP contribution is 2.18. The molecular weight excluding hydrogens is 242 g/mol. The van der Waals surface area contributed by atoms with E-state index in [0.717, 1.165) is 30.2 Å². The third kappa shape index (κ3) is 3.32. The lowest BCUT2D eigenvalue weighted by Crippen LogP contribution is -2.18. The Labute approximate surface area is 111 Å². The first-order chi connectivity index (χ1) is 9.20. The average Bonchev–Trinajstić information content (AvgIpc) is 2.43. The quantitative estimate of drug-likeness (QED) is 0.591. The first-order valence-corrected chi connectivity index (χ1v) is 6.05. The standard InChI is InChI=1S/C13H17N5O/c1-15-5-6-16-12-4-2-3-11(18-12)9-7-10(14)13(19)17-8-9/h2-4,7-8,15H,5-6,14H2,1H3,(H,16,18)(H,17,19). The molecule has 2 aromatic rings. The van der Waals surface area contributed by atoms with Crippen LogP contribution in [0, 0.1) is 0 Å². The first kappa shape index (κ1) is 13.1. The largest absolute Gasteiger partial charge is 0.394 e. The highest BCUT2D eigenvalue weighted by atomic mass is 16.1. The number of rotatable bonds is 5. The van der Waals surface area contributed by atoms with Crippen LogP contribution in [0.5, 0.6) is 0 Å².